The summed E-state index contributed by atoms with van der Waals surface area (Å²) < 4.78 is 5.40. The van der Waals surface area contributed by atoms with Crippen molar-refractivity contribution < 1.29 is 14.3 Å². The zero-order valence-electron chi connectivity index (χ0n) is 11.4. The molecular weight excluding hydrogens is 232 g/mol. The van der Waals surface area contributed by atoms with Crippen molar-refractivity contribution in [2.45, 2.75) is 45.6 Å². The van der Waals surface area contributed by atoms with Crippen molar-refractivity contribution in [3.8, 4) is 0 Å². The minimum Gasteiger partial charge on any atom is -0.375 e. The molecule has 0 saturated carbocycles. The second-order valence-corrected chi connectivity index (χ2v) is 4.81. The molecule has 1 aliphatic heterocycles. The maximum atomic E-state index is 11.9. The monoisotopic (exact) mass is 256 g/mol. The largest absolute Gasteiger partial charge is 0.375 e. The molecule has 1 aliphatic rings. The number of hydrogen-bond acceptors (Lipinski definition) is 3. The second kappa shape index (κ2) is 8.08. The molecule has 5 heteroatoms. The van der Waals surface area contributed by atoms with E-state index in [1.165, 1.54) is 6.92 Å². The normalized spacial score (nSPS) is 19.7. The van der Waals surface area contributed by atoms with Gasteiger partial charge in [0.1, 0.15) is 0 Å². The second-order valence-electron chi connectivity index (χ2n) is 4.81. The Hall–Kier alpha value is -1.10. The Morgan fingerprint density at radius 3 is 2.78 bits per heavy atom. The zero-order valence-corrected chi connectivity index (χ0v) is 11.4. The van der Waals surface area contributed by atoms with E-state index in [0.717, 1.165) is 25.8 Å². The Morgan fingerprint density at radius 1 is 1.33 bits per heavy atom. The number of nitrogens with one attached hydrogen (secondary N) is 1. The van der Waals surface area contributed by atoms with Crippen molar-refractivity contribution >= 4 is 11.8 Å². The summed E-state index contributed by atoms with van der Waals surface area (Å²) in [5.41, 5.74) is 0. The number of rotatable bonds is 6. The highest BCUT2D eigenvalue weighted by atomic mass is 16.5. The van der Waals surface area contributed by atoms with Gasteiger partial charge in [0.25, 0.3) is 0 Å². The van der Waals surface area contributed by atoms with E-state index in [4.69, 9.17) is 4.74 Å². The third kappa shape index (κ3) is 6.00. The molecule has 0 spiro atoms. The van der Waals surface area contributed by atoms with Crippen molar-refractivity contribution in [1.29, 1.82) is 0 Å². The summed E-state index contributed by atoms with van der Waals surface area (Å²) in [6.45, 7) is 6.29. The van der Waals surface area contributed by atoms with E-state index in [1.807, 2.05) is 11.8 Å². The molecular formula is C13H24N2O3. The summed E-state index contributed by atoms with van der Waals surface area (Å²) in [6.07, 6.45) is 3.57. The number of hydrogen-bond donors (Lipinski definition) is 1. The van der Waals surface area contributed by atoms with Crippen molar-refractivity contribution in [2.24, 2.45) is 0 Å². The molecule has 0 aliphatic carbocycles. The van der Waals surface area contributed by atoms with Gasteiger partial charge in [0.2, 0.25) is 11.8 Å². The van der Waals surface area contributed by atoms with Crippen molar-refractivity contribution in [1.82, 2.24) is 10.2 Å². The Morgan fingerprint density at radius 2 is 2.11 bits per heavy atom. The van der Waals surface area contributed by atoms with Crippen LogP contribution in [0, 0.1) is 0 Å². The van der Waals surface area contributed by atoms with Crippen molar-refractivity contribution in [3.63, 3.8) is 0 Å². The SMILES string of the molecule is CC(=O)NCCCCCC(=O)N1CCO[C@@H](C)C1. The molecule has 0 aromatic rings. The first-order valence-corrected chi connectivity index (χ1v) is 6.73. The average molecular weight is 256 g/mol. The Balaban J connectivity index is 2.04. The van der Waals surface area contributed by atoms with Crippen LogP contribution in [0.2, 0.25) is 0 Å². The summed E-state index contributed by atoms with van der Waals surface area (Å²) in [4.78, 5) is 24.4. The molecule has 0 radical (unpaired) electrons. The molecule has 1 atom stereocenters. The van der Waals surface area contributed by atoms with E-state index in [9.17, 15) is 9.59 Å². The molecule has 1 heterocycles. The molecule has 0 unspecified atom stereocenters. The lowest BCUT2D eigenvalue weighted by Crippen LogP contribution is -2.44. The molecule has 104 valence electrons. The van der Waals surface area contributed by atoms with Crippen molar-refractivity contribution in [3.05, 3.63) is 0 Å². The third-order valence-corrected chi connectivity index (χ3v) is 3.04. The van der Waals surface area contributed by atoms with Crippen LogP contribution in [0.1, 0.15) is 39.5 Å². The summed E-state index contributed by atoms with van der Waals surface area (Å²) in [7, 11) is 0. The molecule has 1 rings (SSSR count). The van der Waals surface area contributed by atoms with Crippen LogP contribution in [0.25, 0.3) is 0 Å². The van der Waals surface area contributed by atoms with E-state index in [2.05, 4.69) is 5.32 Å². The van der Waals surface area contributed by atoms with Gasteiger partial charge >= 0.3 is 0 Å². The zero-order chi connectivity index (χ0) is 13.4. The Labute approximate surface area is 109 Å². The van der Waals surface area contributed by atoms with Crippen LogP contribution in [-0.4, -0.2) is 49.1 Å². The standard InChI is InChI=1S/C13H24N2O3/c1-11-10-15(8-9-18-11)13(17)6-4-3-5-7-14-12(2)16/h11H,3-10H2,1-2H3,(H,14,16)/t11-/m0/s1. The van der Waals surface area contributed by atoms with Gasteiger partial charge in [-0.15, -0.1) is 0 Å². The number of ether oxygens (including phenoxy) is 1. The highest BCUT2D eigenvalue weighted by Gasteiger charge is 2.20. The maximum absolute atomic E-state index is 11.9. The van der Waals surface area contributed by atoms with Crippen LogP contribution in [0.3, 0.4) is 0 Å². The number of carbonyl (C=O) groups excluding carboxylic acids is 2. The fourth-order valence-corrected chi connectivity index (χ4v) is 2.05. The minimum absolute atomic E-state index is 0.00776. The lowest BCUT2D eigenvalue weighted by atomic mass is 10.1. The van der Waals surface area contributed by atoms with Crippen LogP contribution < -0.4 is 5.32 Å². The van der Waals surface area contributed by atoms with Gasteiger partial charge in [-0.25, -0.2) is 0 Å². The predicted molar refractivity (Wildman–Crippen MR) is 69.1 cm³/mol. The first-order chi connectivity index (χ1) is 8.59. The number of nitrogens with zero attached hydrogens (tertiary/aromatic N) is 1. The van der Waals surface area contributed by atoms with Crippen LogP contribution in [0.15, 0.2) is 0 Å². The third-order valence-electron chi connectivity index (χ3n) is 3.04. The highest BCUT2D eigenvalue weighted by Crippen LogP contribution is 2.08. The fourth-order valence-electron chi connectivity index (χ4n) is 2.05. The molecule has 0 aromatic carbocycles. The molecule has 2 amide bonds. The predicted octanol–water partition coefficient (Wildman–Crippen LogP) is 0.930. The Kier molecular flexibility index (Phi) is 6.72. The lowest BCUT2D eigenvalue weighted by molar-refractivity contribution is -0.138. The lowest BCUT2D eigenvalue weighted by Gasteiger charge is -2.31. The minimum atomic E-state index is 0.00776. The molecule has 1 N–H and O–H groups in total. The molecule has 18 heavy (non-hydrogen) atoms. The quantitative estimate of drug-likeness (QED) is 0.719. The van der Waals surface area contributed by atoms with Gasteiger partial charge in [-0.3, -0.25) is 9.59 Å². The summed E-state index contributed by atoms with van der Waals surface area (Å²) >= 11 is 0. The van der Waals surface area contributed by atoms with Gasteiger partial charge in [0, 0.05) is 33.0 Å². The topological polar surface area (TPSA) is 58.6 Å². The van der Waals surface area contributed by atoms with Crippen LogP contribution in [0.4, 0.5) is 0 Å². The van der Waals surface area contributed by atoms with Gasteiger partial charge in [-0.2, -0.15) is 0 Å². The van der Waals surface area contributed by atoms with E-state index >= 15 is 0 Å². The smallest absolute Gasteiger partial charge is 0.222 e. The maximum Gasteiger partial charge on any atom is 0.222 e. The molecule has 5 nitrogen and oxygen atoms in total. The number of morpholine rings is 1. The van der Waals surface area contributed by atoms with Gasteiger partial charge in [-0.1, -0.05) is 6.42 Å². The van der Waals surface area contributed by atoms with E-state index in [-0.39, 0.29) is 17.9 Å². The molecule has 0 bridgehead atoms. The Bertz CT molecular complexity index is 281. The van der Waals surface area contributed by atoms with E-state index < -0.39 is 0 Å². The molecule has 0 aromatic heterocycles. The van der Waals surface area contributed by atoms with Gasteiger partial charge in [0.15, 0.2) is 0 Å². The molecule has 1 saturated heterocycles. The first kappa shape index (κ1) is 15.0. The summed E-state index contributed by atoms with van der Waals surface area (Å²) in [5.74, 6) is 0.234. The van der Waals surface area contributed by atoms with E-state index in [1.54, 1.807) is 0 Å². The summed E-state index contributed by atoms with van der Waals surface area (Å²) in [5, 5.41) is 2.75. The van der Waals surface area contributed by atoms with Crippen LogP contribution in [0.5, 0.6) is 0 Å². The highest BCUT2D eigenvalue weighted by molar-refractivity contribution is 5.76. The van der Waals surface area contributed by atoms with Gasteiger partial charge < -0.3 is 15.0 Å². The first-order valence-electron chi connectivity index (χ1n) is 6.73. The van der Waals surface area contributed by atoms with Crippen molar-refractivity contribution in [2.75, 3.05) is 26.2 Å². The summed E-state index contributed by atoms with van der Waals surface area (Å²) in [6, 6.07) is 0. The number of unbranched alkanes of at least 4 members (excludes halogenated alkanes) is 2. The van der Waals surface area contributed by atoms with Crippen LogP contribution >= 0.6 is 0 Å². The number of amides is 2. The van der Waals surface area contributed by atoms with Gasteiger partial charge in [0.05, 0.1) is 12.7 Å². The fraction of sp³-hybridized carbons (Fsp3) is 0.846. The van der Waals surface area contributed by atoms with E-state index in [0.29, 0.717) is 26.1 Å². The molecule has 1 fully saturated rings. The van der Waals surface area contributed by atoms with Crippen LogP contribution in [-0.2, 0) is 14.3 Å². The number of carbonyl (C=O) groups is 2. The van der Waals surface area contributed by atoms with Gasteiger partial charge in [-0.05, 0) is 19.8 Å². The average Bonchev–Trinajstić information content (AvgIpc) is 2.33.